The van der Waals surface area contributed by atoms with E-state index in [4.69, 9.17) is 0 Å². The van der Waals surface area contributed by atoms with Gasteiger partial charge in [0.15, 0.2) is 0 Å². The summed E-state index contributed by atoms with van der Waals surface area (Å²) in [6, 6.07) is 0. The zero-order chi connectivity index (χ0) is 15.5. The molecule has 4 heteroatoms. The Morgan fingerprint density at radius 1 is 0.905 bits per heavy atom. The monoisotopic (exact) mass is 295 g/mol. The molecule has 0 radical (unpaired) electrons. The Kier molecular flexibility index (Phi) is 5.67. The lowest BCUT2D eigenvalue weighted by atomic mass is 9.72. The Bertz CT molecular complexity index is 334. The van der Waals surface area contributed by atoms with Gasteiger partial charge < -0.3 is 14.7 Å². The summed E-state index contributed by atoms with van der Waals surface area (Å²) in [7, 11) is 4.35. The average Bonchev–Trinajstić information content (AvgIpc) is 2.49. The van der Waals surface area contributed by atoms with Gasteiger partial charge in [0.25, 0.3) is 0 Å². The first kappa shape index (κ1) is 16.8. The van der Waals surface area contributed by atoms with E-state index in [2.05, 4.69) is 28.8 Å². The minimum absolute atomic E-state index is 0.300. The van der Waals surface area contributed by atoms with Crippen molar-refractivity contribution in [2.24, 2.45) is 11.3 Å². The van der Waals surface area contributed by atoms with Crippen LogP contribution in [0, 0.1) is 11.3 Å². The number of carbonyl (C=O) groups excluding carboxylic acids is 1. The molecule has 0 aromatic rings. The van der Waals surface area contributed by atoms with Crippen LogP contribution in [-0.4, -0.2) is 74.0 Å². The van der Waals surface area contributed by atoms with Crippen LogP contribution < -0.4 is 0 Å². The topological polar surface area (TPSA) is 26.8 Å². The second kappa shape index (κ2) is 7.10. The van der Waals surface area contributed by atoms with Gasteiger partial charge in [0.1, 0.15) is 0 Å². The van der Waals surface area contributed by atoms with Gasteiger partial charge in [-0.15, -0.1) is 0 Å². The van der Waals surface area contributed by atoms with Crippen LogP contribution in [-0.2, 0) is 4.79 Å². The van der Waals surface area contributed by atoms with Crippen molar-refractivity contribution < 1.29 is 4.79 Å². The Morgan fingerprint density at radius 2 is 1.43 bits per heavy atom. The minimum Gasteiger partial charge on any atom is -0.342 e. The molecule has 122 valence electrons. The van der Waals surface area contributed by atoms with Crippen LogP contribution in [0.3, 0.4) is 0 Å². The molecule has 4 nitrogen and oxygen atoms in total. The standard InChI is InChI=1S/C15H27N3O.C2H6/c1-16-7-3-13(4-8-16)14(19)18-9-5-15(6-10-18)11-17(2)12-15;1-2/h13H,3-12H2,1-2H3;1-2H3. The number of likely N-dealkylation sites (tertiary alicyclic amines) is 3. The lowest BCUT2D eigenvalue weighted by molar-refractivity contribution is -0.141. The first-order valence-corrected chi connectivity index (χ1v) is 8.74. The summed E-state index contributed by atoms with van der Waals surface area (Å²) in [4.78, 5) is 19.4. The van der Waals surface area contributed by atoms with E-state index in [1.54, 1.807) is 0 Å². The molecule has 21 heavy (non-hydrogen) atoms. The molecule has 0 saturated carbocycles. The Labute approximate surface area is 130 Å². The van der Waals surface area contributed by atoms with Crippen molar-refractivity contribution in [3.05, 3.63) is 0 Å². The van der Waals surface area contributed by atoms with Gasteiger partial charge in [-0.05, 0) is 58.3 Å². The fraction of sp³-hybridized carbons (Fsp3) is 0.941. The lowest BCUT2D eigenvalue weighted by Gasteiger charge is -2.53. The van der Waals surface area contributed by atoms with Gasteiger partial charge >= 0.3 is 0 Å². The molecule has 0 unspecified atom stereocenters. The van der Waals surface area contributed by atoms with Gasteiger partial charge in [-0.25, -0.2) is 0 Å². The van der Waals surface area contributed by atoms with Gasteiger partial charge in [-0.3, -0.25) is 4.79 Å². The number of amides is 1. The van der Waals surface area contributed by atoms with Gasteiger partial charge in [-0.2, -0.15) is 0 Å². The van der Waals surface area contributed by atoms with Crippen LogP contribution in [0.15, 0.2) is 0 Å². The van der Waals surface area contributed by atoms with Crippen LogP contribution in [0.1, 0.15) is 39.5 Å². The average molecular weight is 295 g/mol. The molecule has 3 rings (SSSR count). The second-order valence-corrected chi connectivity index (χ2v) is 7.08. The molecule has 0 N–H and O–H groups in total. The van der Waals surface area contributed by atoms with Crippen LogP contribution in [0.4, 0.5) is 0 Å². The minimum atomic E-state index is 0.300. The van der Waals surface area contributed by atoms with E-state index < -0.39 is 0 Å². The first-order valence-electron chi connectivity index (χ1n) is 8.74. The molecule has 0 aliphatic carbocycles. The summed E-state index contributed by atoms with van der Waals surface area (Å²) in [6.45, 7) is 10.6. The fourth-order valence-corrected chi connectivity index (χ4v) is 4.13. The summed E-state index contributed by atoms with van der Waals surface area (Å²) >= 11 is 0. The van der Waals surface area contributed by atoms with E-state index in [9.17, 15) is 4.79 Å². The predicted octanol–water partition coefficient (Wildman–Crippen LogP) is 1.91. The Balaban J connectivity index is 0.000000774. The SMILES string of the molecule is CC.CN1CCC(C(=O)N2CCC3(CC2)CN(C)C3)CC1. The highest BCUT2D eigenvalue weighted by Crippen LogP contribution is 2.39. The smallest absolute Gasteiger partial charge is 0.225 e. The molecule has 1 spiro atoms. The zero-order valence-corrected chi connectivity index (χ0v) is 14.4. The third-order valence-corrected chi connectivity index (χ3v) is 5.41. The van der Waals surface area contributed by atoms with E-state index in [0.29, 0.717) is 17.2 Å². The third-order valence-electron chi connectivity index (χ3n) is 5.41. The Morgan fingerprint density at radius 3 is 1.90 bits per heavy atom. The van der Waals surface area contributed by atoms with E-state index in [1.807, 2.05) is 13.8 Å². The molecule has 3 aliphatic heterocycles. The molecule has 3 heterocycles. The van der Waals surface area contributed by atoms with E-state index in [-0.39, 0.29) is 0 Å². The van der Waals surface area contributed by atoms with Crippen LogP contribution in [0.2, 0.25) is 0 Å². The Hall–Kier alpha value is -0.610. The van der Waals surface area contributed by atoms with E-state index >= 15 is 0 Å². The molecule has 1 amide bonds. The fourth-order valence-electron chi connectivity index (χ4n) is 4.13. The molecule has 0 aromatic heterocycles. The van der Waals surface area contributed by atoms with Crippen molar-refractivity contribution in [1.82, 2.24) is 14.7 Å². The molecular formula is C17H33N3O. The summed E-state index contributed by atoms with van der Waals surface area (Å²) in [5.41, 5.74) is 0.554. The van der Waals surface area contributed by atoms with Gasteiger partial charge in [0, 0.05) is 32.1 Å². The van der Waals surface area contributed by atoms with Crippen LogP contribution >= 0.6 is 0 Å². The number of hydrogen-bond acceptors (Lipinski definition) is 3. The summed E-state index contributed by atoms with van der Waals surface area (Å²) in [6.07, 6.45) is 4.55. The maximum absolute atomic E-state index is 12.5. The number of hydrogen-bond donors (Lipinski definition) is 0. The maximum Gasteiger partial charge on any atom is 0.225 e. The maximum atomic E-state index is 12.5. The largest absolute Gasteiger partial charge is 0.342 e. The highest BCUT2D eigenvalue weighted by Gasteiger charge is 2.44. The van der Waals surface area contributed by atoms with Crippen molar-refractivity contribution in [2.45, 2.75) is 39.5 Å². The molecule has 3 aliphatic rings. The lowest BCUT2D eigenvalue weighted by Crippen LogP contribution is -2.59. The first-order chi connectivity index (χ1) is 10.1. The highest BCUT2D eigenvalue weighted by molar-refractivity contribution is 5.79. The molecule has 3 saturated heterocycles. The normalized spacial score (nSPS) is 27.0. The summed E-state index contributed by atoms with van der Waals surface area (Å²) in [5, 5.41) is 0. The number of rotatable bonds is 1. The molecule has 0 aromatic carbocycles. The van der Waals surface area contributed by atoms with Crippen molar-refractivity contribution in [3.8, 4) is 0 Å². The van der Waals surface area contributed by atoms with Gasteiger partial charge in [-0.1, -0.05) is 13.8 Å². The van der Waals surface area contributed by atoms with Crippen molar-refractivity contribution in [1.29, 1.82) is 0 Å². The number of nitrogens with zero attached hydrogens (tertiary/aromatic N) is 3. The third kappa shape index (κ3) is 3.78. The number of carbonyl (C=O) groups is 1. The quantitative estimate of drug-likeness (QED) is 0.739. The summed E-state index contributed by atoms with van der Waals surface area (Å²) < 4.78 is 0. The van der Waals surface area contributed by atoms with Crippen molar-refractivity contribution >= 4 is 5.91 Å². The highest BCUT2D eigenvalue weighted by atomic mass is 16.2. The van der Waals surface area contributed by atoms with Crippen LogP contribution in [0.5, 0.6) is 0 Å². The second-order valence-electron chi connectivity index (χ2n) is 7.08. The number of piperidine rings is 2. The molecular weight excluding hydrogens is 262 g/mol. The van der Waals surface area contributed by atoms with E-state index in [1.165, 1.54) is 25.9 Å². The zero-order valence-electron chi connectivity index (χ0n) is 14.4. The molecule has 3 fully saturated rings. The van der Waals surface area contributed by atoms with E-state index in [0.717, 1.165) is 39.0 Å². The van der Waals surface area contributed by atoms with Gasteiger partial charge in [0.05, 0.1) is 0 Å². The van der Waals surface area contributed by atoms with Crippen LogP contribution in [0.25, 0.3) is 0 Å². The molecule has 0 bridgehead atoms. The summed E-state index contributed by atoms with van der Waals surface area (Å²) in [5.74, 6) is 0.741. The van der Waals surface area contributed by atoms with Crippen molar-refractivity contribution in [3.63, 3.8) is 0 Å². The predicted molar refractivity (Wildman–Crippen MR) is 87.3 cm³/mol. The molecule has 0 atom stereocenters. The van der Waals surface area contributed by atoms with Crippen molar-refractivity contribution in [2.75, 3.05) is 53.4 Å². The van der Waals surface area contributed by atoms with Gasteiger partial charge in [0.2, 0.25) is 5.91 Å².